The highest BCUT2D eigenvalue weighted by atomic mass is 32.2. The van der Waals surface area contributed by atoms with Crippen LogP contribution in [-0.2, 0) is 22.4 Å². The highest BCUT2D eigenvalue weighted by molar-refractivity contribution is 8.00. The molecule has 1 aromatic heterocycles. The zero-order valence-electron chi connectivity index (χ0n) is 17.9. The third-order valence-corrected chi connectivity index (χ3v) is 7.85. The molecular formula is C24H23N3O3S3. The number of thiocarbonyl (C=S) groups is 1. The van der Waals surface area contributed by atoms with Crippen LogP contribution in [0.4, 0.5) is 5.00 Å². The first-order chi connectivity index (χ1) is 16.1. The van der Waals surface area contributed by atoms with Crippen molar-refractivity contribution in [2.24, 2.45) is 0 Å². The Hall–Kier alpha value is -2.88. The molecule has 0 bridgehead atoms. The van der Waals surface area contributed by atoms with Gasteiger partial charge in [0, 0.05) is 9.77 Å². The topological polar surface area (TPSA) is 79.5 Å². The fourth-order valence-corrected chi connectivity index (χ4v) is 6.21. The van der Waals surface area contributed by atoms with Crippen LogP contribution in [0.1, 0.15) is 38.0 Å². The van der Waals surface area contributed by atoms with E-state index in [1.54, 1.807) is 0 Å². The molecule has 3 N–H and O–H groups in total. The molecule has 1 amide bonds. The maximum absolute atomic E-state index is 13.1. The first-order valence-electron chi connectivity index (χ1n) is 10.4. The molecule has 6 nitrogen and oxygen atoms in total. The average Bonchev–Trinajstić information content (AvgIpc) is 3.42. The monoisotopic (exact) mass is 497 g/mol. The van der Waals surface area contributed by atoms with E-state index in [-0.39, 0.29) is 17.0 Å². The summed E-state index contributed by atoms with van der Waals surface area (Å²) >= 11 is 8.35. The maximum Gasteiger partial charge on any atom is 0.341 e. The Morgan fingerprint density at radius 2 is 1.73 bits per heavy atom. The number of amides is 1. The molecule has 1 unspecified atom stereocenters. The summed E-state index contributed by atoms with van der Waals surface area (Å²) in [6, 6.07) is 19.3. The summed E-state index contributed by atoms with van der Waals surface area (Å²) in [4.78, 5) is 27.6. The first-order valence-corrected chi connectivity index (χ1v) is 12.5. The number of esters is 1. The van der Waals surface area contributed by atoms with Crippen molar-refractivity contribution in [2.45, 2.75) is 29.4 Å². The number of methoxy groups -OCH3 is 1. The second-order valence-electron chi connectivity index (χ2n) is 7.34. The Kier molecular flexibility index (Phi) is 7.64. The molecule has 4 rings (SSSR count). The lowest BCUT2D eigenvalue weighted by molar-refractivity contribution is -0.121. The number of anilines is 1. The smallest absolute Gasteiger partial charge is 0.341 e. The Morgan fingerprint density at radius 3 is 2.42 bits per heavy atom. The van der Waals surface area contributed by atoms with Gasteiger partial charge in [0.15, 0.2) is 5.11 Å². The van der Waals surface area contributed by atoms with Crippen molar-refractivity contribution in [1.29, 1.82) is 0 Å². The van der Waals surface area contributed by atoms with E-state index in [9.17, 15) is 9.59 Å². The molecule has 170 valence electrons. The minimum Gasteiger partial charge on any atom is -0.465 e. The number of carbonyl (C=O) groups excluding carboxylic acids is 2. The fraction of sp³-hybridized carbons (Fsp3) is 0.208. The molecule has 0 radical (unpaired) electrons. The number of fused-ring (bicyclic) bond motifs is 1. The standard InChI is InChI=1S/C24H23N3O3S3/c1-30-23(29)19-17-13-8-14-18(17)33-22(19)25-24(31)27-26-21(28)20(15-9-4-2-5-10-15)32-16-11-6-3-7-12-16/h2-7,9-12,20H,8,13-14H2,1H3,(H,26,28)(H2,25,27,31). The van der Waals surface area contributed by atoms with Crippen molar-refractivity contribution in [1.82, 2.24) is 10.9 Å². The van der Waals surface area contributed by atoms with Gasteiger partial charge < -0.3 is 10.1 Å². The Bertz CT molecular complexity index is 1150. The van der Waals surface area contributed by atoms with Crippen LogP contribution in [0.5, 0.6) is 0 Å². The SMILES string of the molecule is COC(=O)c1c(NC(=S)NNC(=O)C(Sc2ccccc2)c2ccccc2)sc2c1CCC2. The van der Waals surface area contributed by atoms with Crippen molar-refractivity contribution < 1.29 is 14.3 Å². The van der Waals surface area contributed by atoms with Crippen molar-refractivity contribution in [2.75, 3.05) is 12.4 Å². The van der Waals surface area contributed by atoms with Crippen molar-refractivity contribution >= 4 is 57.3 Å². The number of ether oxygens (including phenoxy) is 1. The van der Waals surface area contributed by atoms with Crippen LogP contribution in [0, 0.1) is 0 Å². The van der Waals surface area contributed by atoms with Crippen LogP contribution >= 0.6 is 35.3 Å². The number of thioether (sulfide) groups is 1. The summed E-state index contributed by atoms with van der Waals surface area (Å²) < 4.78 is 4.97. The number of carbonyl (C=O) groups is 2. The molecule has 1 atom stereocenters. The normalized spacial score (nSPS) is 13.0. The van der Waals surface area contributed by atoms with Crippen LogP contribution in [0.3, 0.4) is 0 Å². The molecule has 0 spiro atoms. The van der Waals surface area contributed by atoms with Gasteiger partial charge in [-0.1, -0.05) is 48.5 Å². The number of benzene rings is 2. The number of aryl methyl sites for hydroxylation is 1. The zero-order chi connectivity index (χ0) is 23.2. The van der Waals surface area contributed by atoms with E-state index < -0.39 is 5.25 Å². The third-order valence-electron chi connectivity index (χ3n) is 5.17. The van der Waals surface area contributed by atoms with Crippen LogP contribution in [-0.4, -0.2) is 24.1 Å². The van der Waals surface area contributed by atoms with Crippen LogP contribution in [0.25, 0.3) is 0 Å². The van der Waals surface area contributed by atoms with Gasteiger partial charge in [0.1, 0.15) is 10.3 Å². The number of hydrazine groups is 1. The van der Waals surface area contributed by atoms with Crippen molar-refractivity contribution in [3.8, 4) is 0 Å². The number of hydrogen-bond donors (Lipinski definition) is 3. The lowest BCUT2D eigenvalue weighted by Gasteiger charge is -2.18. The van der Waals surface area contributed by atoms with E-state index in [2.05, 4.69) is 16.2 Å². The number of hydrogen-bond acceptors (Lipinski definition) is 6. The fourth-order valence-electron chi connectivity index (χ4n) is 3.66. The summed E-state index contributed by atoms with van der Waals surface area (Å²) in [5.41, 5.74) is 7.93. The molecule has 2 aromatic carbocycles. The largest absolute Gasteiger partial charge is 0.465 e. The second-order valence-corrected chi connectivity index (χ2v) is 10.0. The summed E-state index contributed by atoms with van der Waals surface area (Å²) in [6.07, 6.45) is 2.83. The number of thiophene rings is 1. The quantitative estimate of drug-likeness (QED) is 0.194. The van der Waals surface area contributed by atoms with Crippen LogP contribution in [0.15, 0.2) is 65.6 Å². The lowest BCUT2D eigenvalue weighted by atomic mass is 10.1. The molecule has 1 aliphatic carbocycles. The van der Waals surface area contributed by atoms with E-state index >= 15 is 0 Å². The van der Waals surface area contributed by atoms with Crippen molar-refractivity contribution in [3.63, 3.8) is 0 Å². The lowest BCUT2D eigenvalue weighted by Crippen LogP contribution is -2.45. The Balaban J connectivity index is 1.44. The minimum atomic E-state index is -0.472. The molecule has 1 aliphatic rings. The maximum atomic E-state index is 13.1. The molecule has 0 fully saturated rings. The third kappa shape index (κ3) is 5.55. The van der Waals surface area contributed by atoms with Gasteiger partial charge in [0.25, 0.3) is 5.91 Å². The first kappa shape index (κ1) is 23.3. The van der Waals surface area contributed by atoms with Crippen LogP contribution < -0.4 is 16.2 Å². The molecule has 33 heavy (non-hydrogen) atoms. The summed E-state index contributed by atoms with van der Waals surface area (Å²) in [5, 5.41) is 3.42. The van der Waals surface area contributed by atoms with E-state index in [1.165, 1.54) is 35.1 Å². The van der Waals surface area contributed by atoms with Crippen molar-refractivity contribution in [3.05, 3.63) is 82.2 Å². The van der Waals surface area contributed by atoms with E-state index in [1.807, 2.05) is 60.7 Å². The highest BCUT2D eigenvalue weighted by Gasteiger charge is 2.28. The Labute approximate surface area is 206 Å². The van der Waals surface area contributed by atoms with E-state index in [0.29, 0.717) is 10.6 Å². The van der Waals surface area contributed by atoms with Gasteiger partial charge in [-0.25, -0.2) is 4.79 Å². The molecule has 0 aliphatic heterocycles. The van der Waals surface area contributed by atoms with Gasteiger partial charge in [-0.05, 0) is 54.7 Å². The molecular weight excluding hydrogens is 474 g/mol. The van der Waals surface area contributed by atoms with Gasteiger partial charge in [0.05, 0.1) is 12.7 Å². The van der Waals surface area contributed by atoms with E-state index in [0.717, 1.165) is 35.3 Å². The predicted octanol–water partition coefficient (Wildman–Crippen LogP) is 4.87. The number of rotatable bonds is 6. The zero-order valence-corrected chi connectivity index (χ0v) is 20.4. The summed E-state index contributed by atoms with van der Waals surface area (Å²) in [6.45, 7) is 0. The highest BCUT2D eigenvalue weighted by Crippen LogP contribution is 2.39. The van der Waals surface area contributed by atoms with Gasteiger partial charge in [-0.15, -0.1) is 23.1 Å². The summed E-state index contributed by atoms with van der Waals surface area (Å²) in [7, 11) is 1.37. The minimum absolute atomic E-state index is 0.199. The second kappa shape index (κ2) is 10.8. The summed E-state index contributed by atoms with van der Waals surface area (Å²) in [5.74, 6) is -0.617. The van der Waals surface area contributed by atoms with Crippen LogP contribution in [0.2, 0.25) is 0 Å². The van der Waals surface area contributed by atoms with Gasteiger partial charge >= 0.3 is 5.97 Å². The molecule has 0 saturated heterocycles. The molecule has 3 aromatic rings. The van der Waals surface area contributed by atoms with Gasteiger partial charge in [-0.2, -0.15) is 0 Å². The average molecular weight is 498 g/mol. The molecule has 1 heterocycles. The number of nitrogens with one attached hydrogen (secondary N) is 3. The molecule has 9 heteroatoms. The van der Waals surface area contributed by atoms with Gasteiger partial charge in [0.2, 0.25) is 0 Å². The Morgan fingerprint density at radius 1 is 1.03 bits per heavy atom. The van der Waals surface area contributed by atoms with E-state index in [4.69, 9.17) is 17.0 Å². The predicted molar refractivity (Wildman–Crippen MR) is 137 cm³/mol. The molecule has 0 saturated carbocycles. The van der Waals surface area contributed by atoms with Gasteiger partial charge in [-0.3, -0.25) is 15.6 Å².